The van der Waals surface area contributed by atoms with Gasteiger partial charge in [0.25, 0.3) is 0 Å². The van der Waals surface area contributed by atoms with E-state index in [1.54, 1.807) is 22.3 Å². The Morgan fingerprint density at radius 2 is 2.47 bits per heavy atom. The molecule has 0 aromatic carbocycles. The van der Waals surface area contributed by atoms with Crippen LogP contribution in [0.25, 0.3) is 0 Å². The first kappa shape index (κ1) is 10.3. The molecule has 0 spiro atoms. The van der Waals surface area contributed by atoms with E-state index < -0.39 is 0 Å². The summed E-state index contributed by atoms with van der Waals surface area (Å²) in [5.74, 6) is 0.973. The minimum absolute atomic E-state index is 0.778. The molecule has 15 heavy (non-hydrogen) atoms. The molecule has 2 rings (SSSR count). The Morgan fingerprint density at radius 3 is 3.13 bits per heavy atom. The Bertz CT molecular complexity index is 393. The van der Waals surface area contributed by atoms with E-state index in [0.717, 1.165) is 25.3 Å². The molecule has 2 heterocycles. The van der Waals surface area contributed by atoms with Gasteiger partial charge in [-0.05, 0) is 35.4 Å². The first-order valence-corrected chi connectivity index (χ1v) is 5.85. The number of aryl methyl sites for hydroxylation is 1. The van der Waals surface area contributed by atoms with Crippen LogP contribution < -0.4 is 5.32 Å². The van der Waals surface area contributed by atoms with E-state index in [2.05, 4.69) is 32.2 Å². The van der Waals surface area contributed by atoms with E-state index in [9.17, 15) is 0 Å². The van der Waals surface area contributed by atoms with Crippen LogP contribution in [0.15, 0.2) is 23.2 Å². The summed E-state index contributed by atoms with van der Waals surface area (Å²) in [6, 6.07) is 2.16. The fraction of sp³-hybridized carbons (Fsp3) is 0.400. The highest BCUT2D eigenvalue weighted by Crippen LogP contribution is 2.05. The summed E-state index contributed by atoms with van der Waals surface area (Å²) >= 11 is 1.74. The summed E-state index contributed by atoms with van der Waals surface area (Å²) in [5, 5.41) is 11.7. The summed E-state index contributed by atoms with van der Waals surface area (Å²) in [4.78, 5) is 4.14. The molecule has 0 saturated heterocycles. The molecule has 0 radical (unpaired) electrons. The lowest BCUT2D eigenvalue weighted by Crippen LogP contribution is -2.19. The van der Waals surface area contributed by atoms with Crippen LogP contribution in [0.3, 0.4) is 0 Å². The molecule has 0 bridgehead atoms. The number of hydrogen-bond donors (Lipinski definition) is 1. The lowest BCUT2D eigenvalue weighted by molar-refractivity contribution is 0.614. The quantitative estimate of drug-likeness (QED) is 0.773. The van der Waals surface area contributed by atoms with Gasteiger partial charge in [-0.2, -0.15) is 16.4 Å². The second kappa shape index (κ2) is 5.04. The van der Waals surface area contributed by atoms with Crippen LogP contribution in [0.5, 0.6) is 0 Å². The Hall–Kier alpha value is -1.20. The van der Waals surface area contributed by atoms with Gasteiger partial charge in [0, 0.05) is 7.05 Å². The molecule has 0 fully saturated rings. The number of rotatable bonds is 5. The average Bonchev–Trinajstić information content (AvgIpc) is 2.85. The fourth-order valence-electron chi connectivity index (χ4n) is 1.35. The highest BCUT2D eigenvalue weighted by molar-refractivity contribution is 7.07. The lowest BCUT2D eigenvalue weighted by Gasteiger charge is -2.02. The van der Waals surface area contributed by atoms with Crippen LogP contribution in [-0.4, -0.2) is 21.3 Å². The molecule has 4 nitrogen and oxygen atoms in total. The van der Waals surface area contributed by atoms with Gasteiger partial charge in [0.1, 0.15) is 12.2 Å². The Balaban J connectivity index is 1.70. The summed E-state index contributed by atoms with van der Waals surface area (Å²) < 4.78 is 1.79. The largest absolute Gasteiger partial charge is 0.310 e. The maximum absolute atomic E-state index is 4.14. The van der Waals surface area contributed by atoms with Crippen molar-refractivity contribution in [1.82, 2.24) is 20.1 Å². The first-order chi connectivity index (χ1) is 7.36. The number of hydrogen-bond acceptors (Lipinski definition) is 4. The van der Waals surface area contributed by atoms with Gasteiger partial charge < -0.3 is 5.32 Å². The number of aromatic nitrogens is 3. The van der Waals surface area contributed by atoms with Crippen molar-refractivity contribution in [2.24, 2.45) is 7.05 Å². The van der Waals surface area contributed by atoms with Gasteiger partial charge >= 0.3 is 0 Å². The molecule has 2 aromatic heterocycles. The molecule has 5 heteroatoms. The molecule has 0 amide bonds. The molecule has 0 aliphatic heterocycles. The van der Waals surface area contributed by atoms with Gasteiger partial charge in [-0.15, -0.1) is 0 Å². The fourth-order valence-corrected chi connectivity index (χ4v) is 2.05. The van der Waals surface area contributed by atoms with Crippen LogP contribution in [-0.2, 0) is 20.0 Å². The maximum Gasteiger partial charge on any atom is 0.140 e. The Labute approximate surface area is 93.0 Å². The van der Waals surface area contributed by atoms with Crippen molar-refractivity contribution in [3.63, 3.8) is 0 Å². The second-order valence-electron chi connectivity index (χ2n) is 3.36. The number of thiophene rings is 1. The zero-order valence-electron chi connectivity index (χ0n) is 8.68. The van der Waals surface area contributed by atoms with Crippen molar-refractivity contribution in [2.75, 3.05) is 6.54 Å². The molecule has 0 aliphatic rings. The standard InChI is InChI=1S/C10H14N4S/c1-14-10(12-8-13-14)6-11-4-2-9-3-5-15-7-9/h3,5,7-8,11H,2,4,6H2,1H3. The maximum atomic E-state index is 4.14. The third kappa shape index (κ3) is 2.87. The Kier molecular flexibility index (Phi) is 3.47. The number of nitrogens with one attached hydrogen (secondary N) is 1. The van der Waals surface area contributed by atoms with Crippen molar-refractivity contribution in [2.45, 2.75) is 13.0 Å². The predicted molar refractivity (Wildman–Crippen MR) is 60.7 cm³/mol. The van der Waals surface area contributed by atoms with Gasteiger partial charge in [0.05, 0.1) is 6.54 Å². The van der Waals surface area contributed by atoms with E-state index in [4.69, 9.17) is 0 Å². The van der Waals surface area contributed by atoms with Crippen molar-refractivity contribution >= 4 is 11.3 Å². The summed E-state index contributed by atoms with van der Waals surface area (Å²) in [6.45, 7) is 1.75. The van der Waals surface area contributed by atoms with Crippen molar-refractivity contribution in [3.8, 4) is 0 Å². The molecular formula is C10H14N4S. The predicted octanol–water partition coefficient (Wildman–Crippen LogP) is 1.21. The van der Waals surface area contributed by atoms with Crippen LogP contribution in [0, 0.1) is 0 Å². The van der Waals surface area contributed by atoms with Gasteiger partial charge in [0.15, 0.2) is 0 Å². The topological polar surface area (TPSA) is 42.7 Å². The summed E-state index contributed by atoms with van der Waals surface area (Å²) in [7, 11) is 1.91. The van der Waals surface area contributed by atoms with E-state index in [1.807, 2.05) is 7.05 Å². The summed E-state index contributed by atoms with van der Waals surface area (Å²) in [6.07, 6.45) is 2.65. The van der Waals surface area contributed by atoms with Gasteiger partial charge in [-0.3, -0.25) is 4.68 Å². The average molecular weight is 222 g/mol. The second-order valence-corrected chi connectivity index (χ2v) is 4.14. The Morgan fingerprint density at radius 1 is 1.53 bits per heavy atom. The minimum Gasteiger partial charge on any atom is -0.310 e. The minimum atomic E-state index is 0.778. The van der Waals surface area contributed by atoms with Gasteiger partial charge in [0.2, 0.25) is 0 Å². The van der Waals surface area contributed by atoms with Crippen LogP contribution in [0.1, 0.15) is 11.4 Å². The first-order valence-electron chi connectivity index (χ1n) is 4.91. The van der Waals surface area contributed by atoms with Crippen molar-refractivity contribution in [3.05, 3.63) is 34.5 Å². The van der Waals surface area contributed by atoms with E-state index in [1.165, 1.54) is 5.56 Å². The molecule has 0 atom stereocenters. The van der Waals surface area contributed by atoms with E-state index in [0.29, 0.717) is 0 Å². The highest BCUT2D eigenvalue weighted by Gasteiger charge is 1.99. The van der Waals surface area contributed by atoms with Crippen molar-refractivity contribution < 1.29 is 0 Å². The van der Waals surface area contributed by atoms with Crippen LogP contribution >= 0.6 is 11.3 Å². The smallest absolute Gasteiger partial charge is 0.140 e. The number of nitrogens with zero attached hydrogens (tertiary/aromatic N) is 3. The third-order valence-corrected chi connectivity index (χ3v) is 2.99. The molecular weight excluding hydrogens is 208 g/mol. The molecule has 2 aromatic rings. The van der Waals surface area contributed by atoms with Gasteiger partial charge in [-0.1, -0.05) is 0 Å². The molecule has 80 valence electrons. The summed E-state index contributed by atoms with van der Waals surface area (Å²) in [5.41, 5.74) is 1.39. The van der Waals surface area contributed by atoms with Gasteiger partial charge in [-0.25, -0.2) is 4.98 Å². The van der Waals surface area contributed by atoms with Crippen LogP contribution in [0.2, 0.25) is 0 Å². The van der Waals surface area contributed by atoms with Crippen molar-refractivity contribution in [1.29, 1.82) is 0 Å². The normalized spacial score (nSPS) is 10.7. The van der Waals surface area contributed by atoms with Crippen LogP contribution in [0.4, 0.5) is 0 Å². The molecule has 0 aliphatic carbocycles. The molecule has 1 N–H and O–H groups in total. The van der Waals surface area contributed by atoms with E-state index >= 15 is 0 Å². The SMILES string of the molecule is Cn1ncnc1CNCCc1ccsc1. The van der Waals surface area contributed by atoms with E-state index in [-0.39, 0.29) is 0 Å². The third-order valence-electron chi connectivity index (χ3n) is 2.26. The zero-order chi connectivity index (χ0) is 10.5. The molecule has 0 saturated carbocycles. The monoisotopic (exact) mass is 222 g/mol. The molecule has 0 unspecified atom stereocenters. The lowest BCUT2D eigenvalue weighted by atomic mass is 10.2. The highest BCUT2D eigenvalue weighted by atomic mass is 32.1. The zero-order valence-corrected chi connectivity index (χ0v) is 9.50.